The number of carbonyl (C=O) groups excluding carboxylic acids is 1. The summed E-state index contributed by atoms with van der Waals surface area (Å²) in [7, 11) is 1.84. The van der Waals surface area contributed by atoms with Crippen LogP contribution in [0.5, 0.6) is 0 Å². The van der Waals surface area contributed by atoms with Crippen LogP contribution in [0.4, 0.5) is 0 Å². The predicted octanol–water partition coefficient (Wildman–Crippen LogP) is 2.82. The molecule has 110 valence electrons. The fraction of sp³-hybridized carbons (Fsp3) is 0.588. The number of nitrogens with two attached hydrogens (primary N) is 1. The highest BCUT2D eigenvalue weighted by molar-refractivity contribution is 5.86. The largest absolute Gasteiger partial charge is 0.340 e. The van der Waals surface area contributed by atoms with Crippen LogP contribution in [0.2, 0.25) is 0 Å². The quantitative estimate of drug-likeness (QED) is 0.921. The second-order valence-electron chi connectivity index (χ2n) is 7.12. The maximum Gasteiger partial charge on any atom is 0.242 e. The van der Waals surface area contributed by atoms with Crippen LogP contribution in [0.1, 0.15) is 51.2 Å². The van der Waals surface area contributed by atoms with E-state index in [9.17, 15) is 4.79 Å². The molecular weight excluding hydrogens is 248 g/mol. The van der Waals surface area contributed by atoms with Crippen LogP contribution in [0.3, 0.4) is 0 Å². The minimum absolute atomic E-state index is 0.0728. The zero-order chi connectivity index (χ0) is 15.0. The lowest BCUT2D eigenvalue weighted by Crippen LogP contribution is -2.58. The lowest BCUT2D eigenvalue weighted by atomic mass is 9.76. The van der Waals surface area contributed by atoms with Gasteiger partial charge < -0.3 is 10.6 Å². The first kappa shape index (κ1) is 15.0. The molecule has 1 aliphatic rings. The van der Waals surface area contributed by atoms with Crippen LogP contribution < -0.4 is 5.73 Å². The third-order valence-corrected chi connectivity index (χ3v) is 4.26. The van der Waals surface area contributed by atoms with Crippen LogP contribution in [0, 0.1) is 0 Å². The van der Waals surface area contributed by atoms with Crippen molar-refractivity contribution in [2.45, 2.75) is 57.5 Å². The van der Waals surface area contributed by atoms with Crippen LogP contribution in [0.25, 0.3) is 0 Å². The third kappa shape index (κ3) is 3.04. The van der Waals surface area contributed by atoms with Crippen molar-refractivity contribution in [1.29, 1.82) is 0 Å². The smallest absolute Gasteiger partial charge is 0.242 e. The van der Waals surface area contributed by atoms with E-state index in [1.165, 1.54) is 5.56 Å². The van der Waals surface area contributed by atoms with Crippen molar-refractivity contribution >= 4 is 5.91 Å². The number of rotatable bonds is 3. The van der Waals surface area contributed by atoms with Gasteiger partial charge in [-0.3, -0.25) is 4.79 Å². The highest BCUT2D eigenvalue weighted by Crippen LogP contribution is 2.31. The SMILES string of the molecule is CN(Cc1ccc(C(C)(C)C)cc1)C(=O)C1(N)CCC1. The van der Waals surface area contributed by atoms with Gasteiger partial charge in [-0.15, -0.1) is 0 Å². The average molecular weight is 274 g/mol. The van der Waals surface area contributed by atoms with Gasteiger partial charge in [-0.25, -0.2) is 0 Å². The molecule has 0 saturated heterocycles. The lowest BCUT2D eigenvalue weighted by molar-refractivity contribution is -0.139. The zero-order valence-corrected chi connectivity index (χ0v) is 13.1. The number of benzene rings is 1. The van der Waals surface area contributed by atoms with Gasteiger partial charge in [0.05, 0.1) is 5.54 Å². The highest BCUT2D eigenvalue weighted by Gasteiger charge is 2.41. The predicted molar refractivity (Wildman–Crippen MR) is 82.4 cm³/mol. The first-order chi connectivity index (χ1) is 9.22. The summed E-state index contributed by atoms with van der Waals surface area (Å²) in [6.07, 6.45) is 2.70. The first-order valence-electron chi connectivity index (χ1n) is 7.36. The molecule has 0 aliphatic heterocycles. The van der Waals surface area contributed by atoms with Gasteiger partial charge in [-0.05, 0) is 35.8 Å². The minimum Gasteiger partial charge on any atom is -0.340 e. The van der Waals surface area contributed by atoms with Gasteiger partial charge in [0, 0.05) is 13.6 Å². The maximum atomic E-state index is 12.3. The van der Waals surface area contributed by atoms with E-state index in [1.54, 1.807) is 4.90 Å². The van der Waals surface area contributed by atoms with E-state index in [1.807, 2.05) is 7.05 Å². The van der Waals surface area contributed by atoms with E-state index < -0.39 is 5.54 Å². The molecule has 1 aromatic carbocycles. The van der Waals surface area contributed by atoms with E-state index in [0.717, 1.165) is 24.8 Å². The summed E-state index contributed by atoms with van der Waals surface area (Å²) >= 11 is 0. The van der Waals surface area contributed by atoms with E-state index in [-0.39, 0.29) is 11.3 Å². The van der Waals surface area contributed by atoms with Crippen LogP contribution in [-0.2, 0) is 16.8 Å². The molecule has 0 heterocycles. The molecule has 0 atom stereocenters. The zero-order valence-electron chi connectivity index (χ0n) is 13.1. The van der Waals surface area contributed by atoms with E-state index in [4.69, 9.17) is 5.73 Å². The van der Waals surface area contributed by atoms with E-state index >= 15 is 0 Å². The van der Waals surface area contributed by atoms with Gasteiger partial charge >= 0.3 is 0 Å². The molecule has 2 N–H and O–H groups in total. The Kier molecular flexibility index (Phi) is 3.92. The van der Waals surface area contributed by atoms with Gasteiger partial charge in [0.25, 0.3) is 0 Å². The normalized spacial score (nSPS) is 17.4. The Morgan fingerprint density at radius 1 is 1.25 bits per heavy atom. The van der Waals surface area contributed by atoms with Crippen molar-refractivity contribution in [2.75, 3.05) is 7.05 Å². The van der Waals surface area contributed by atoms with E-state index in [0.29, 0.717) is 6.54 Å². The van der Waals surface area contributed by atoms with Gasteiger partial charge in [0.2, 0.25) is 5.91 Å². The number of likely N-dealkylation sites (N-methyl/N-ethyl adjacent to an activating group) is 1. The molecule has 20 heavy (non-hydrogen) atoms. The lowest BCUT2D eigenvalue weighted by Gasteiger charge is -2.39. The maximum absolute atomic E-state index is 12.3. The number of carbonyl (C=O) groups is 1. The Balaban J connectivity index is 2.01. The van der Waals surface area contributed by atoms with Crippen LogP contribution in [0.15, 0.2) is 24.3 Å². The molecule has 0 spiro atoms. The molecule has 1 aromatic rings. The Morgan fingerprint density at radius 3 is 2.20 bits per heavy atom. The van der Waals surface area contributed by atoms with Gasteiger partial charge in [0.15, 0.2) is 0 Å². The first-order valence-corrected chi connectivity index (χ1v) is 7.36. The van der Waals surface area contributed by atoms with Crippen molar-refractivity contribution in [3.8, 4) is 0 Å². The minimum atomic E-state index is -0.597. The van der Waals surface area contributed by atoms with Crippen molar-refractivity contribution in [3.05, 3.63) is 35.4 Å². The van der Waals surface area contributed by atoms with Crippen molar-refractivity contribution in [2.24, 2.45) is 5.73 Å². The summed E-state index contributed by atoms with van der Waals surface area (Å²) in [4.78, 5) is 14.0. The Bertz CT molecular complexity index is 481. The second kappa shape index (κ2) is 5.21. The Hall–Kier alpha value is -1.35. The molecule has 1 saturated carbocycles. The average Bonchev–Trinajstić information content (AvgIpc) is 2.34. The Morgan fingerprint density at radius 2 is 1.80 bits per heavy atom. The third-order valence-electron chi connectivity index (χ3n) is 4.26. The van der Waals surface area contributed by atoms with Crippen LogP contribution >= 0.6 is 0 Å². The fourth-order valence-corrected chi connectivity index (χ4v) is 2.61. The number of hydrogen-bond acceptors (Lipinski definition) is 2. The molecule has 0 radical (unpaired) electrons. The van der Waals surface area contributed by atoms with Crippen LogP contribution in [-0.4, -0.2) is 23.4 Å². The molecule has 0 unspecified atom stereocenters. The fourth-order valence-electron chi connectivity index (χ4n) is 2.61. The van der Waals surface area contributed by atoms with Crippen molar-refractivity contribution in [1.82, 2.24) is 4.90 Å². The molecule has 0 aromatic heterocycles. The summed E-state index contributed by atoms with van der Waals surface area (Å²) in [5.41, 5.74) is 8.11. The highest BCUT2D eigenvalue weighted by atomic mass is 16.2. The molecule has 2 rings (SSSR count). The Labute approximate surface area is 122 Å². The molecule has 3 heteroatoms. The number of amides is 1. The summed E-state index contributed by atoms with van der Waals surface area (Å²) in [5, 5.41) is 0. The summed E-state index contributed by atoms with van der Waals surface area (Å²) in [5.74, 6) is 0.0728. The number of nitrogens with zero attached hydrogens (tertiary/aromatic N) is 1. The molecule has 1 fully saturated rings. The second-order valence-corrected chi connectivity index (χ2v) is 7.12. The molecule has 1 amide bonds. The van der Waals surface area contributed by atoms with Crippen molar-refractivity contribution in [3.63, 3.8) is 0 Å². The number of hydrogen-bond donors (Lipinski definition) is 1. The molecule has 1 aliphatic carbocycles. The standard InChI is InChI=1S/C17H26N2O/c1-16(2,3)14-8-6-13(7-9-14)12-19(4)15(20)17(18)10-5-11-17/h6-9H,5,10-12,18H2,1-4H3. The van der Waals surface area contributed by atoms with Crippen molar-refractivity contribution < 1.29 is 4.79 Å². The topological polar surface area (TPSA) is 46.3 Å². The summed E-state index contributed by atoms with van der Waals surface area (Å²) < 4.78 is 0. The van der Waals surface area contributed by atoms with Gasteiger partial charge in [-0.1, -0.05) is 45.0 Å². The van der Waals surface area contributed by atoms with Gasteiger partial charge in [-0.2, -0.15) is 0 Å². The molecule has 3 nitrogen and oxygen atoms in total. The van der Waals surface area contributed by atoms with E-state index in [2.05, 4.69) is 45.0 Å². The summed E-state index contributed by atoms with van der Waals surface area (Å²) in [6, 6.07) is 8.51. The molecule has 0 bridgehead atoms. The monoisotopic (exact) mass is 274 g/mol. The molecular formula is C17H26N2O. The summed E-state index contributed by atoms with van der Waals surface area (Å²) in [6.45, 7) is 7.23. The van der Waals surface area contributed by atoms with Gasteiger partial charge in [0.1, 0.15) is 0 Å².